The Kier molecular flexibility index (Phi) is 5.30. The van der Waals surface area contributed by atoms with Crippen LogP contribution >= 0.6 is 0 Å². The predicted octanol–water partition coefficient (Wildman–Crippen LogP) is 1.84. The highest BCUT2D eigenvalue weighted by molar-refractivity contribution is 5.90. The first-order chi connectivity index (χ1) is 10.6. The topological polar surface area (TPSA) is 73.2 Å². The van der Waals surface area contributed by atoms with Crippen molar-refractivity contribution >= 4 is 11.6 Å². The summed E-state index contributed by atoms with van der Waals surface area (Å²) in [4.78, 5) is 27.9. The van der Waals surface area contributed by atoms with Crippen molar-refractivity contribution in [3.8, 4) is 5.75 Å². The Labute approximate surface area is 128 Å². The highest BCUT2D eigenvalue weighted by Crippen LogP contribution is 2.15. The lowest BCUT2D eigenvalue weighted by Gasteiger charge is -2.08. The number of rotatable bonds is 6. The van der Waals surface area contributed by atoms with E-state index in [1.165, 1.54) is 17.0 Å². The van der Waals surface area contributed by atoms with Gasteiger partial charge in [0.1, 0.15) is 12.3 Å². The minimum Gasteiger partial charge on any atom is -0.494 e. The maximum absolute atomic E-state index is 12.0. The molecule has 22 heavy (non-hydrogen) atoms. The van der Waals surface area contributed by atoms with Gasteiger partial charge in [0.2, 0.25) is 5.91 Å². The Morgan fingerprint density at radius 3 is 2.59 bits per heavy atom. The third kappa shape index (κ3) is 4.18. The zero-order chi connectivity index (χ0) is 15.9. The Morgan fingerprint density at radius 1 is 1.27 bits per heavy atom. The first-order valence-corrected chi connectivity index (χ1v) is 7.20. The number of ether oxygens (including phenoxy) is 1. The van der Waals surface area contributed by atoms with Gasteiger partial charge < -0.3 is 10.1 Å². The molecule has 1 aromatic heterocycles. The second kappa shape index (κ2) is 7.40. The standard InChI is InChI=1S/C16H19N3O3/c1-3-12-9-16(21)19(11-17-12)10-15(20)18-13-5-7-14(8-6-13)22-4-2/h5-9,11H,3-4,10H2,1-2H3,(H,18,20). The van der Waals surface area contributed by atoms with Gasteiger partial charge in [-0.15, -0.1) is 0 Å². The second-order valence-corrected chi connectivity index (χ2v) is 4.71. The Bertz CT molecular complexity index is 693. The molecule has 1 aromatic carbocycles. The SMILES string of the molecule is CCOc1ccc(NC(=O)Cn2cnc(CC)cc2=O)cc1. The number of hydrogen-bond acceptors (Lipinski definition) is 4. The van der Waals surface area contributed by atoms with Crippen LogP contribution in [0, 0.1) is 0 Å². The van der Waals surface area contributed by atoms with Crippen LogP contribution < -0.4 is 15.6 Å². The van der Waals surface area contributed by atoms with Crippen LogP contribution in [0.15, 0.2) is 41.5 Å². The minimum atomic E-state index is -0.280. The Hall–Kier alpha value is -2.63. The molecule has 0 aliphatic rings. The van der Waals surface area contributed by atoms with Gasteiger partial charge in [0, 0.05) is 17.4 Å². The average Bonchev–Trinajstić information content (AvgIpc) is 2.51. The summed E-state index contributed by atoms with van der Waals surface area (Å²) in [7, 11) is 0. The largest absolute Gasteiger partial charge is 0.494 e. The van der Waals surface area contributed by atoms with E-state index in [0.717, 1.165) is 5.75 Å². The van der Waals surface area contributed by atoms with Gasteiger partial charge in [0.15, 0.2) is 0 Å². The summed E-state index contributed by atoms with van der Waals surface area (Å²) < 4.78 is 6.61. The van der Waals surface area contributed by atoms with E-state index in [9.17, 15) is 9.59 Å². The molecule has 1 heterocycles. The van der Waals surface area contributed by atoms with Crippen molar-refractivity contribution in [2.24, 2.45) is 0 Å². The maximum atomic E-state index is 12.0. The van der Waals surface area contributed by atoms with E-state index in [1.807, 2.05) is 13.8 Å². The normalized spacial score (nSPS) is 10.3. The summed E-state index contributed by atoms with van der Waals surface area (Å²) in [6.45, 7) is 4.36. The van der Waals surface area contributed by atoms with Gasteiger partial charge in [-0.2, -0.15) is 0 Å². The molecule has 0 bridgehead atoms. The highest BCUT2D eigenvalue weighted by Gasteiger charge is 2.06. The van der Waals surface area contributed by atoms with Crippen molar-refractivity contribution in [2.45, 2.75) is 26.8 Å². The molecular weight excluding hydrogens is 282 g/mol. The van der Waals surface area contributed by atoms with Crippen molar-refractivity contribution < 1.29 is 9.53 Å². The van der Waals surface area contributed by atoms with Gasteiger partial charge in [0.05, 0.1) is 12.9 Å². The molecule has 0 spiro atoms. The molecule has 0 fully saturated rings. The lowest BCUT2D eigenvalue weighted by molar-refractivity contribution is -0.116. The number of anilines is 1. The molecule has 0 unspecified atom stereocenters. The number of carbonyl (C=O) groups excluding carboxylic acids is 1. The molecule has 0 atom stereocenters. The number of benzene rings is 1. The van der Waals surface area contributed by atoms with E-state index in [2.05, 4.69) is 10.3 Å². The lowest BCUT2D eigenvalue weighted by Crippen LogP contribution is -2.27. The molecule has 0 radical (unpaired) electrons. The van der Waals surface area contributed by atoms with Crippen LogP contribution in [0.1, 0.15) is 19.5 Å². The maximum Gasteiger partial charge on any atom is 0.253 e. The average molecular weight is 301 g/mol. The van der Waals surface area contributed by atoms with Gasteiger partial charge in [-0.25, -0.2) is 4.98 Å². The first kappa shape index (κ1) is 15.8. The third-order valence-corrected chi connectivity index (χ3v) is 3.06. The summed E-state index contributed by atoms with van der Waals surface area (Å²) in [5.41, 5.74) is 1.14. The quantitative estimate of drug-likeness (QED) is 0.883. The molecule has 6 heteroatoms. The van der Waals surface area contributed by atoms with Gasteiger partial charge in [-0.05, 0) is 37.6 Å². The molecule has 0 saturated carbocycles. The van der Waals surface area contributed by atoms with E-state index >= 15 is 0 Å². The van der Waals surface area contributed by atoms with Crippen LogP contribution in [0.5, 0.6) is 5.75 Å². The van der Waals surface area contributed by atoms with Gasteiger partial charge in [-0.3, -0.25) is 14.2 Å². The first-order valence-electron chi connectivity index (χ1n) is 7.20. The second-order valence-electron chi connectivity index (χ2n) is 4.71. The van der Waals surface area contributed by atoms with Crippen molar-refractivity contribution in [3.05, 3.63) is 52.7 Å². The number of amides is 1. The van der Waals surface area contributed by atoms with E-state index < -0.39 is 0 Å². The van der Waals surface area contributed by atoms with Crippen molar-refractivity contribution in [1.29, 1.82) is 0 Å². The summed E-state index contributed by atoms with van der Waals surface area (Å²) in [6, 6.07) is 8.52. The number of aryl methyl sites for hydroxylation is 1. The van der Waals surface area contributed by atoms with Gasteiger partial charge in [0.25, 0.3) is 5.56 Å². The van der Waals surface area contributed by atoms with E-state index in [4.69, 9.17) is 4.74 Å². The highest BCUT2D eigenvalue weighted by atomic mass is 16.5. The molecule has 1 amide bonds. The predicted molar refractivity (Wildman–Crippen MR) is 84.1 cm³/mol. The Balaban J connectivity index is 1.99. The minimum absolute atomic E-state index is 0.0664. The number of hydrogen-bond donors (Lipinski definition) is 1. The van der Waals surface area contributed by atoms with Crippen molar-refractivity contribution in [1.82, 2.24) is 9.55 Å². The third-order valence-electron chi connectivity index (χ3n) is 3.06. The fourth-order valence-corrected chi connectivity index (χ4v) is 1.93. The summed E-state index contributed by atoms with van der Waals surface area (Å²) in [5.74, 6) is 0.466. The van der Waals surface area contributed by atoms with Crippen LogP contribution in [0.2, 0.25) is 0 Å². The fraction of sp³-hybridized carbons (Fsp3) is 0.312. The number of nitrogens with one attached hydrogen (secondary N) is 1. The molecule has 0 aliphatic heterocycles. The number of nitrogens with zero attached hydrogens (tertiary/aromatic N) is 2. The Morgan fingerprint density at radius 2 is 2.00 bits per heavy atom. The molecule has 116 valence electrons. The van der Waals surface area contributed by atoms with E-state index in [-0.39, 0.29) is 18.0 Å². The van der Waals surface area contributed by atoms with Crippen LogP contribution in [0.25, 0.3) is 0 Å². The molecule has 0 saturated heterocycles. The zero-order valence-electron chi connectivity index (χ0n) is 12.7. The lowest BCUT2D eigenvalue weighted by atomic mass is 10.3. The molecule has 0 aliphatic carbocycles. The smallest absolute Gasteiger partial charge is 0.253 e. The van der Waals surface area contributed by atoms with E-state index in [1.54, 1.807) is 24.3 Å². The van der Waals surface area contributed by atoms with Crippen LogP contribution in [-0.4, -0.2) is 22.1 Å². The van der Waals surface area contributed by atoms with Crippen LogP contribution in [0.4, 0.5) is 5.69 Å². The zero-order valence-corrected chi connectivity index (χ0v) is 12.7. The van der Waals surface area contributed by atoms with Crippen LogP contribution in [0.3, 0.4) is 0 Å². The fourth-order valence-electron chi connectivity index (χ4n) is 1.93. The summed E-state index contributed by atoms with van der Waals surface area (Å²) in [6.07, 6.45) is 2.09. The van der Waals surface area contributed by atoms with Gasteiger partial charge >= 0.3 is 0 Å². The summed E-state index contributed by atoms with van der Waals surface area (Å²) >= 11 is 0. The number of aromatic nitrogens is 2. The number of carbonyl (C=O) groups is 1. The van der Waals surface area contributed by atoms with Crippen LogP contribution in [-0.2, 0) is 17.8 Å². The molecule has 2 rings (SSSR count). The van der Waals surface area contributed by atoms with Crippen molar-refractivity contribution in [3.63, 3.8) is 0 Å². The molecule has 1 N–H and O–H groups in total. The van der Waals surface area contributed by atoms with Crippen molar-refractivity contribution in [2.75, 3.05) is 11.9 Å². The monoisotopic (exact) mass is 301 g/mol. The summed E-state index contributed by atoms with van der Waals surface area (Å²) in [5, 5.41) is 2.73. The molecule has 2 aromatic rings. The molecule has 6 nitrogen and oxygen atoms in total. The van der Waals surface area contributed by atoms with E-state index in [0.29, 0.717) is 24.4 Å². The molecular formula is C16H19N3O3. The van der Waals surface area contributed by atoms with Gasteiger partial charge in [-0.1, -0.05) is 6.92 Å².